The summed E-state index contributed by atoms with van der Waals surface area (Å²) in [5.74, 6) is 2.40. The predicted octanol–water partition coefficient (Wildman–Crippen LogP) is 2.89. The van der Waals surface area contributed by atoms with E-state index in [4.69, 9.17) is 9.40 Å². The molecular formula is C19H21N5O2. The van der Waals surface area contributed by atoms with Crippen molar-refractivity contribution in [3.8, 4) is 5.82 Å². The van der Waals surface area contributed by atoms with Crippen molar-refractivity contribution in [2.24, 2.45) is 0 Å². The van der Waals surface area contributed by atoms with Crippen LogP contribution in [0.2, 0.25) is 0 Å². The Morgan fingerprint density at radius 1 is 1.27 bits per heavy atom. The highest BCUT2D eigenvalue weighted by Crippen LogP contribution is 2.27. The summed E-state index contributed by atoms with van der Waals surface area (Å²) < 4.78 is 7.14. The average Bonchev–Trinajstić information content (AvgIpc) is 3.29. The number of carbonyl (C=O) groups is 1. The first-order chi connectivity index (χ1) is 12.6. The summed E-state index contributed by atoms with van der Waals surface area (Å²) in [7, 11) is 0. The lowest BCUT2D eigenvalue weighted by Gasteiger charge is -2.32. The van der Waals surface area contributed by atoms with Crippen LogP contribution in [-0.4, -0.2) is 43.4 Å². The molecule has 1 aliphatic heterocycles. The number of oxazole rings is 1. The fraction of sp³-hybridized carbons (Fsp3) is 0.368. The highest BCUT2D eigenvalue weighted by Gasteiger charge is 2.27. The molecule has 0 saturated carbocycles. The Bertz CT molecular complexity index is 929. The molecule has 7 heteroatoms. The summed E-state index contributed by atoms with van der Waals surface area (Å²) in [6, 6.07) is 6.02. The highest BCUT2D eigenvalue weighted by atomic mass is 16.3. The third-order valence-electron chi connectivity index (χ3n) is 4.79. The van der Waals surface area contributed by atoms with Crippen LogP contribution < -0.4 is 0 Å². The van der Waals surface area contributed by atoms with E-state index in [0.29, 0.717) is 18.1 Å². The minimum absolute atomic E-state index is 0.0758. The Morgan fingerprint density at radius 2 is 2.15 bits per heavy atom. The third-order valence-corrected chi connectivity index (χ3v) is 4.79. The van der Waals surface area contributed by atoms with Crippen molar-refractivity contribution >= 4 is 5.91 Å². The molecule has 4 heterocycles. The summed E-state index contributed by atoms with van der Waals surface area (Å²) >= 11 is 0. The molecule has 0 N–H and O–H groups in total. The van der Waals surface area contributed by atoms with Gasteiger partial charge >= 0.3 is 0 Å². The maximum absolute atomic E-state index is 12.7. The third kappa shape index (κ3) is 3.12. The van der Waals surface area contributed by atoms with E-state index in [1.165, 1.54) is 6.26 Å². The molecule has 0 bridgehead atoms. The second-order valence-corrected chi connectivity index (χ2v) is 6.61. The number of imidazole rings is 1. The van der Waals surface area contributed by atoms with Crippen LogP contribution in [0.1, 0.15) is 46.7 Å². The topological polar surface area (TPSA) is 77.1 Å². The van der Waals surface area contributed by atoms with Gasteiger partial charge in [0.15, 0.2) is 11.6 Å². The zero-order chi connectivity index (χ0) is 18.1. The van der Waals surface area contributed by atoms with E-state index >= 15 is 0 Å². The normalized spacial score (nSPS) is 17.5. The Hall–Kier alpha value is -2.96. The SMILES string of the molecule is Cc1nc(C(=O)N2CCCC(c3cccc(-n4ccnc4C)n3)C2)co1. The number of nitrogens with zero attached hydrogens (tertiary/aromatic N) is 5. The largest absolute Gasteiger partial charge is 0.448 e. The molecule has 4 rings (SSSR count). The molecule has 0 spiro atoms. The van der Waals surface area contributed by atoms with Gasteiger partial charge in [0, 0.05) is 44.0 Å². The van der Waals surface area contributed by atoms with E-state index in [1.54, 1.807) is 13.1 Å². The maximum Gasteiger partial charge on any atom is 0.275 e. The number of carbonyl (C=O) groups excluding carboxylic acids is 1. The van der Waals surface area contributed by atoms with Gasteiger partial charge in [-0.1, -0.05) is 6.07 Å². The molecular weight excluding hydrogens is 330 g/mol. The van der Waals surface area contributed by atoms with Gasteiger partial charge in [0.05, 0.1) is 0 Å². The standard InChI is InChI=1S/C19H21N5O2/c1-13-20-8-10-24(13)18-7-3-6-16(22-18)15-5-4-9-23(11-15)19(25)17-12-26-14(2)21-17/h3,6-8,10,12,15H,4-5,9,11H2,1-2H3. The van der Waals surface area contributed by atoms with Crippen molar-refractivity contribution in [1.29, 1.82) is 0 Å². The van der Waals surface area contributed by atoms with Crippen molar-refractivity contribution in [2.45, 2.75) is 32.6 Å². The quantitative estimate of drug-likeness (QED) is 0.725. The molecule has 0 radical (unpaired) electrons. The first kappa shape index (κ1) is 16.5. The van der Waals surface area contributed by atoms with Crippen LogP contribution in [0.15, 0.2) is 41.3 Å². The van der Waals surface area contributed by atoms with Crippen LogP contribution in [0.5, 0.6) is 0 Å². The lowest BCUT2D eigenvalue weighted by atomic mass is 9.94. The van der Waals surface area contributed by atoms with Gasteiger partial charge in [-0.25, -0.2) is 15.0 Å². The fourth-order valence-electron chi connectivity index (χ4n) is 3.45. The van der Waals surface area contributed by atoms with Crippen LogP contribution in [-0.2, 0) is 0 Å². The molecule has 7 nitrogen and oxygen atoms in total. The van der Waals surface area contributed by atoms with Gasteiger partial charge in [0.1, 0.15) is 17.9 Å². The van der Waals surface area contributed by atoms with E-state index in [9.17, 15) is 4.79 Å². The van der Waals surface area contributed by atoms with Crippen LogP contribution in [0.25, 0.3) is 5.82 Å². The number of pyridine rings is 1. The van der Waals surface area contributed by atoms with Gasteiger partial charge in [0.2, 0.25) is 0 Å². The summed E-state index contributed by atoms with van der Waals surface area (Å²) in [6.45, 7) is 5.07. The number of likely N-dealkylation sites (tertiary alicyclic amines) is 1. The Kier molecular flexibility index (Phi) is 4.28. The molecule has 1 saturated heterocycles. The lowest BCUT2D eigenvalue weighted by molar-refractivity contribution is 0.0700. The van der Waals surface area contributed by atoms with E-state index in [2.05, 4.69) is 9.97 Å². The molecule has 1 unspecified atom stereocenters. The van der Waals surface area contributed by atoms with E-state index in [-0.39, 0.29) is 11.8 Å². The summed E-state index contributed by atoms with van der Waals surface area (Å²) in [5, 5.41) is 0. The van der Waals surface area contributed by atoms with Gasteiger partial charge in [0.25, 0.3) is 5.91 Å². The molecule has 1 aliphatic rings. The predicted molar refractivity (Wildman–Crippen MR) is 95.2 cm³/mol. The molecule has 26 heavy (non-hydrogen) atoms. The van der Waals surface area contributed by atoms with E-state index in [1.807, 2.05) is 40.8 Å². The number of aromatic nitrogens is 4. The van der Waals surface area contributed by atoms with E-state index < -0.39 is 0 Å². The Labute approximate surface area is 151 Å². The molecule has 1 fully saturated rings. The van der Waals surface area contributed by atoms with Crippen molar-refractivity contribution < 1.29 is 9.21 Å². The van der Waals surface area contributed by atoms with Crippen molar-refractivity contribution in [3.05, 3.63) is 60.0 Å². The minimum atomic E-state index is -0.0758. The number of hydrogen-bond acceptors (Lipinski definition) is 5. The molecule has 0 aromatic carbocycles. The molecule has 1 atom stereocenters. The molecule has 3 aromatic heterocycles. The van der Waals surface area contributed by atoms with Gasteiger partial charge in [-0.05, 0) is 31.9 Å². The van der Waals surface area contributed by atoms with E-state index in [0.717, 1.165) is 36.7 Å². The number of aryl methyl sites for hydroxylation is 2. The maximum atomic E-state index is 12.7. The lowest BCUT2D eigenvalue weighted by Crippen LogP contribution is -2.39. The monoisotopic (exact) mass is 351 g/mol. The zero-order valence-corrected chi connectivity index (χ0v) is 14.9. The van der Waals surface area contributed by atoms with Gasteiger partial charge in [-0.2, -0.15) is 0 Å². The molecule has 3 aromatic rings. The van der Waals surface area contributed by atoms with Crippen LogP contribution >= 0.6 is 0 Å². The zero-order valence-electron chi connectivity index (χ0n) is 14.9. The highest BCUT2D eigenvalue weighted by molar-refractivity contribution is 5.92. The smallest absolute Gasteiger partial charge is 0.275 e. The average molecular weight is 351 g/mol. The van der Waals surface area contributed by atoms with Gasteiger partial charge < -0.3 is 9.32 Å². The van der Waals surface area contributed by atoms with Crippen LogP contribution in [0.3, 0.4) is 0 Å². The number of piperidine rings is 1. The molecule has 0 aliphatic carbocycles. The summed E-state index contributed by atoms with van der Waals surface area (Å²) in [4.78, 5) is 27.7. The summed E-state index contributed by atoms with van der Waals surface area (Å²) in [6.07, 6.45) is 7.07. The molecule has 134 valence electrons. The van der Waals surface area contributed by atoms with Crippen LogP contribution in [0.4, 0.5) is 0 Å². The number of amides is 1. The Balaban J connectivity index is 1.55. The fourth-order valence-corrected chi connectivity index (χ4v) is 3.45. The van der Waals surface area contributed by atoms with Crippen LogP contribution in [0, 0.1) is 13.8 Å². The second kappa shape index (κ2) is 6.74. The van der Waals surface area contributed by atoms with Gasteiger partial charge in [-0.15, -0.1) is 0 Å². The molecule has 1 amide bonds. The number of rotatable bonds is 3. The Morgan fingerprint density at radius 3 is 2.88 bits per heavy atom. The van der Waals surface area contributed by atoms with Gasteiger partial charge in [-0.3, -0.25) is 9.36 Å². The minimum Gasteiger partial charge on any atom is -0.448 e. The van der Waals surface area contributed by atoms with Crippen molar-refractivity contribution in [2.75, 3.05) is 13.1 Å². The number of hydrogen-bond donors (Lipinski definition) is 0. The first-order valence-corrected chi connectivity index (χ1v) is 8.80. The van der Waals surface area contributed by atoms with Crippen molar-refractivity contribution in [3.63, 3.8) is 0 Å². The van der Waals surface area contributed by atoms with Crippen molar-refractivity contribution in [1.82, 2.24) is 24.4 Å². The second-order valence-electron chi connectivity index (χ2n) is 6.61. The summed E-state index contributed by atoms with van der Waals surface area (Å²) in [5.41, 5.74) is 1.38. The first-order valence-electron chi connectivity index (χ1n) is 8.80.